The second-order valence-corrected chi connectivity index (χ2v) is 5.72. The highest BCUT2D eigenvalue weighted by Gasteiger charge is 2.29. The van der Waals surface area contributed by atoms with Crippen molar-refractivity contribution in [3.63, 3.8) is 0 Å². The van der Waals surface area contributed by atoms with E-state index in [0.717, 1.165) is 31.6 Å². The molecule has 2 heterocycles. The zero-order valence-electron chi connectivity index (χ0n) is 12.5. The van der Waals surface area contributed by atoms with Gasteiger partial charge in [-0.2, -0.15) is 0 Å². The molecule has 1 aromatic heterocycles. The highest BCUT2D eigenvalue weighted by molar-refractivity contribution is 5.94. The third kappa shape index (κ3) is 3.10. The first-order valence-electron chi connectivity index (χ1n) is 7.20. The second-order valence-electron chi connectivity index (χ2n) is 5.72. The van der Waals surface area contributed by atoms with Gasteiger partial charge in [-0.3, -0.25) is 4.79 Å². The molecule has 0 spiro atoms. The van der Waals surface area contributed by atoms with Crippen molar-refractivity contribution in [2.75, 3.05) is 25.5 Å². The van der Waals surface area contributed by atoms with Gasteiger partial charge in [0.25, 0.3) is 5.91 Å². The van der Waals surface area contributed by atoms with Gasteiger partial charge < -0.3 is 15.5 Å². The molecule has 1 fully saturated rings. The molecule has 1 aromatic rings. The van der Waals surface area contributed by atoms with E-state index in [2.05, 4.69) is 4.98 Å². The molecule has 5 heteroatoms. The third-order valence-corrected chi connectivity index (χ3v) is 3.87. The van der Waals surface area contributed by atoms with Crippen molar-refractivity contribution in [3.05, 3.63) is 23.9 Å². The molecule has 1 aliphatic heterocycles. The number of rotatable bonds is 3. The predicted molar refractivity (Wildman–Crippen MR) is 80.9 cm³/mol. The van der Waals surface area contributed by atoms with Crippen LogP contribution in [0.4, 0.5) is 5.82 Å². The fraction of sp³-hybridized carbons (Fsp3) is 0.600. The Bertz CT molecular complexity index is 455. The summed E-state index contributed by atoms with van der Waals surface area (Å²) < 4.78 is 0. The lowest BCUT2D eigenvalue weighted by Gasteiger charge is -2.38. The lowest BCUT2D eigenvalue weighted by molar-refractivity contribution is 0.0583. The Labute approximate surface area is 120 Å². The van der Waals surface area contributed by atoms with E-state index in [4.69, 9.17) is 5.73 Å². The van der Waals surface area contributed by atoms with Crippen LogP contribution in [0.5, 0.6) is 0 Å². The molecule has 0 aliphatic carbocycles. The standard InChI is InChI=1S/C15H24N4O/c1-11(16)13-6-4-5-9-19(13)15(20)12-7-8-14(17-10-12)18(2)3/h7-8,10-11,13H,4-6,9,16H2,1-3H3/t11-,13-/m1/s1. The van der Waals surface area contributed by atoms with Crippen LogP contribution in [0.3, 0.4) is 0 Å². The lowest BCUT2D eigenvalue weighted by Crippen LogP contribution is -2.51. The van der Waals surface area contributed by atoms with Crippen LogP contribution in [0.15, 0.2) is 18.3 Å². The van der Waals surface area contributed by atoms with Gasteiger partial charge in [0.05, 0.1) is 5.56 Å². The quantitative estimate of drug-likeness (QED) is 0.908. The van der Waals surface area contributed by atoms with Crippen LogP contribution in [0.1, 0.15) is 36.5 Å². The molecule has 2 N–H and O–H groups in total. The molecule has 1 amide bonds. The van der Waals surface area contributed by atoms with Crippen molar-refractivity contribution in [3.8, 4) is 0 Å². The maximum absolute atomic E-state index is 12.6. The number of hydrogen-bond donors (Lipinski definition) is 1. The maximum Gasteiger partial charge on any atom is 0.255 e. The van der Waals surface area contributed by atoms with Crippen molar-refractivity contribution in [1.82, 2.24) is 9.88 Å². The molecule has 1 aliphatic rings. The Balaban J connectivity index is 2.16. The minimum absolute atomic E-state index is 0.00765. The number of nitrogens with two attached hydrogens (primary N) is 1. The molecule has 1 saturated heterocycles. The van der Waals surface area contributed by atoms with Crippen LogP contribution in [-0.4, -0.2) is 48.5 Å². The number of anilines is 1. The van der Waals surface area contributed by atoms with Gasteiger partial charge in [-0.15, -0.1) is 0 Å². The molecular weight excluding hydrogens is 252 g/mol. The average Bonchev–Trinajstić information content (AvgIpc) is 2.46. The van der Waals surface area contributed by atoms with Gasteiger partial charge in [0.2, 0.25) is 0 Å². The van der Waals surface area contributed by atoms with Gasteiger partial charge >= 0.3 is 0 Å². The van der Waals surface area contributed by atoms with Crippen molar-refractivity contribution < 1.29 is 4.79 Å². The number of pyridine rings is 1. The zero-order valence-corrected chi connectivity index (χ0v) is 12.5. The molecule has 0 radical (unpaired) electrons. The van der Waals surface area contributed by atoms with E-state index in [9.17, 15) is 4.79 Å². The SMILES string of the molecule is C[C@@H](N)[C@H]1CCCCN1C(=O)c1ccc(N(C)C)nc1. The Morgan fingerprint density at radius 3 is 2.75 bits per heavy atom. The Hall–Kier alpha value is -1.62. The molecular formula is C15H24N4O. The Morgan fingerprint density at radius 2 is 2.20 bits per heavy atom. The number of piperidine rings is 1. The van der Waals surface area contributed by atoms with Crippen molar-refractivity contribution in [2.45, 2.75) is 38.3 Å². The molecule has 2 rings (SSSR count). The molecule has 5 nitrogen and oxygen atoms in total. The fourth-order valence-electron chi connectivity index (χ4n) is 2.70. The molecule has 0 unspecified atom stereocenters. The number of carbonyl (C=O) groups excluding carboxylic acids is 1. The lowest BCUT2D eigenvalue weighted by atomic mass is 9.96. The van der Waals surface area contributed by atoms with Gasteiger partial charge in [0.1, 0.15) is 5.82 Å². The highest BCUT2D eigenvalue weighted by Crippen LogP contribution is 2.21. The first kappa shape index (κ1) is 14.8. The summed E-state index contributed by atoms with van der Waals surface area (Å²) >= 11 is 0. The Kier molecular flexibility index (Phi) is 4.60. The summed E-state index contributed by atoms with van der Waals surface area (Å²) in [5, 5.41) is 0. The topological polar surface area (TPSA) is 62.5 Å². The van der Waals surface area contributed by atoms with Crippen LogP contribution < -0.4 is 10.6 Å². The zero-order chi connectivity index (χ0) is 14.7. The fourth-order valence-corrected chi connectivity index (χ4v) is 2.70. The highest BCUT2D eigenvalue weighted by atomic mass is 16.2. The van der Waals surface area contributed by atoms with Crippen molar-refractivity contribution in [1.29, 1.82) is 0 Å². The third-order valence-electron chi connectivity index (χ3n) is 3.87. The van der Waals surface area contributed by atoms with Crippen LogP contribution in [0.2, 0.25) is 0 Å². The van der Waals surface area contributed by atoms with E-state index in [1.54, 1.807) is 6.20 Å². The summed E-state index contributed by atoms with van der Waals surface area (Å²) in [5.74, 6) is 0.897. The van der Waals surface area contributed by atoms with Gasteiger partial charge in [-0.1, -0.05) is 0 Å². The number of hydrogen-bond acceptors (Lipinski definition) is 4. The molecule has 2 atom stereocenters. The largest absolute Gasteiger partial charge is 0.363 e. The second kappa shape index (κ2) is 6.22. The van der Waals surface area contributed by atoms with E-state index in [1.165, 1.54) is 0 Å². The Morgan fingerprint density at radius 1 is 1.45 bits per heavy atom. The monoisotopic (exact) mass is 276 g/mol. The van der Waals surface area contributed by atoms with Gasteiger partial charge in [0, 0.05) is 38.9 Å². The minimum Gasteiger partial charge on any atom is -0.363 e. The van der Waals surface area contributed by atoms with Crippen LogP contribution in [-0.2, 0) is 0 Å². The molecule has 0 aromatic carbocycles. The number of nitrogens with zero attached hydrogens (tertiary/aromatic N) is 3. The van der Waals surface area contributed by atoms with E-state index >= 15 is 0 Å². The number of carbonyl (C=O) groups is 1. The smallest absolute Gasteiger partial charge is 0.255 e. The van der Waals surface area contributed by atoms with Crippen molar-refractivity contribution in [2.24, 2.45) is 5.73 Å². The molecule has 0 saturated carbocycles. The number of amides is 1. The summed E-state index contributed by atoms with van der Waals surface area (Å²) in [6.45, 7) is 2.77. The number of aromatic nitrogens is 1. The maximum atomic E-state index is 12.6. The summed E-state index contributed by atoms with van der Waals surface area (Å²) in [6, 6.07) is 3.87. The average molecular weight is 276 g/mol. The summed E-state index contributed by atoms with van der Waals surface area (Å²) in [5.41, 5.74) is 6.66. The van der Waals surface area contributed by atoms with Crippen LogP contribution in [0.25, 0.3) is 0 Å². The molecule has 20 heavy (non-hydrogen) atoms. The summed E-state index contributed by atoms with van der Waals surface area (Å²) in [4.78, 5) is 20.8. The van der Waals surface area contributed by atoms with E-state index < -0.39 is 0 Å². The summed E-state index contributed by atoms with van der Waals surface area (Å²) in [7, 11) is 3.86. The normalized spacial score (nSPS) is 20.6. The van der Waals surface area contributed by atoms with Crippen LogP contribution >= 0.6 is 0 Å². The first-order chi connectivity index (χ1) is 9.50. The van der Waals surface area contributed by atoms with Gasteiger partial charge in [-0.05, 0) is 38.3 Å². The van der Waals surface area contributed by atoms with E-state index in [1.807, 2.05) is 43.0 Å². The van der Waals surface area contributed by atoms with Crippen LogP contribution in [0, 0.1) is 0 Å². The summed E-state index contributed by atoms with van der Waals surface area (Å²) in [6.07, 6.45) is 4.85. The minimum atomic E-state index is 0.00765. The first-order valence-corrected chi connectivity index (χ1v) is 7.20. The van der Waals surface area contributed by atoms with Gasteiger partial charge in [0.15, 0.2) is 0 Å². The van der Waals surface area contributed by atoms with Gasteiger partial charge in [-0.25, -0.2) is 4.98 Å². The molecule has 110 valence electrons. The van der Waals surface area contributed by atoms with E-state index in [-0.39, 0.29) is 18.0 Å². The molecule has 0 bridgehead atoms. The van der Waals surface area contributed by atoms with E-state index in [0.29, 0.717) is 5.56 Å². The predicted octanol–water partition coefficient (Wildman–Crippen LogP) is 1.49. The van der Waals surface area contributed by atoms with Crippen molar-refractivity contribution >= 4 is 11.7 Å². The number of likely N-dealkylation sites (tertiary alicyclic amines) is 1.